The van der Waals surface area contributed by atoms with Crippen LogP contribution in [0.4, 0.5) is 11.4 Å². The lowest BCUT2D eigenvalue weighted by Crippen LogP contribution is -2.18. The number of nitrogens with zero attached hydrogens (tertiary/aromatic N) is 1. The van der Waals surface area contributed by atoms with Crippen LogP contribution in [-0.2, 0) is 0 Å². The zero-order valence-corrected chi connectivity index (χ0v) is 16.1. The number of hydrogen-bond donors (Lipinski definition) is 4. The van der Waals surface area contributed by atoms with Gasteiger partial charge in [0.1, 0.15) is 5.75 Å². The fourth-order valence-corrected chi connectivity index (χ4v) is 2.71. The van der Waals surface area contributed by atoms with Gasteiger partial charge >= 0.3 is 0 Å². The van der Waals surface area contributed by atoms with Crippen LogP contribution >= 0.6 is 0 Å². The van der Waals surface area contributed by atoms with Gasteiger partial charge in [0.15, 0.2) is 5.84 Å². The third-order valence-electron chi connectivity index (χ3n) is 4.30. The largest absolute Gasteiger partial charge is 0.497 e. The monoisotopic (exact) mass is 404 g/mol. The summed E-state index contributed by atoms with van der Waals surface area (Å²) in [6.07, 6.45) is 0. The number of nitrogens with one attached hydrogen (secondary N) is 2. The Hall–Kier alpha value is -4.33. The van der Waals surface area contributed by atoms with Crippen LogP contribution in [0.3, 0.4) is 0 Å². The number of hydrogen-bond acceptors (Lipinski definition) is 5. The third-order valence-corrected chi connectivity index (χ3v) is 4.30. The molecule has 0 bridgehead atoms. The summed E-state index contributed by atoms with van der Waals surface area (Å²) in [6.45, 7) is 0. The summed E-state index contributed by atoms with van der Waals surface area (Å²) < 4.78 is 5.09. The molecule has 3 aromatic carbocycles. The molecule has 30 heavy (non-hydrogen) atoms. The lowest BCUT2D eigenvalue weighted by atomic mass is 10.1. The molecule has 0 aromatic heterocycles. The fraction of sp³-hybridized carbons (Fsp3) is 0.0455. The number of para-hydroxylation sites is 2. The van der Waals surface area contributed by atoms with Crippen LogP contribution in [-0.4, -0.2) is 30.0 Å². The van der Waals surface area contributed by atoms with Crippen molar-refractivity contribution in [3.8, 4) is 5.75 Å². The average Bonchev–Trinajstić information content (AvgIpc) is 2.79. The van der Waals surface area contributed by atoms with Crippen molar-refractivity contribution in [3.05, 3.63) is 89.5 Å². The van der Waals surface area contributed by atoms with Crippen molar-refractivity contribution in [2.75, 3.05) is 17.7 Å². The van der Waals surface area contributed by atoms with Gasteiger partial charge in [-0.15, -0.1) is 0 Å². The summed E-state index contributed by atoms with van der Waals surface area (Å²) in [5.74, 6) is -0.188. The topological polar surface area (TPSA) is 126 Å². The Morgan fingerprint density at radius 1 is 0.833 bits per heavy atom. The number of carbonyl (C=O) groups excluding carboxylic acids is 2. The third kappa shape index (κ3) is 4.74. The number of nitrogens with two attached hydrogens (primary N) is 1. The van der Waals surface area contributed by atoms with E-state index in [0.717, 1.165) is 0 Å². The van der Waals surface area contributed by atoms with E-state index < -0.39 is 5.91 Å². The van der Waals surface area contributed by atoms with Crippen molar-refractivity contribution in [3.63, 3.8) is 0 Å². The summed E-state index contributed by atoms with van der Waals surface area (Å²) >= 11 is 0. The quantitative estimate of drug-likeness (QED) is 0.217. The molecule has 0 saturated carbocycles. The Balaban J connectivity index is 1.78. The minimum Gasteiger partial charge on any atom is -0.497 e. The van der Waals surface area contributed by atoms with Crippen molar-refractivity contribution < 1.29 is 19.5 Å². The van der Waals surface area contributed by atoms with Crippen molar-refractivity contribution >= 4 is 29.0 Å². The molecule has 0 aliphatic heterocycles. The second kappa shape index (κ2) is 9.24. The first-order valence-corrected chi connectivity index (χ1v) is 8.95. The Kier molecular flexibility index (Phi) is 6.29. The molecule has 0 atom stereocenters. The number of amidine groups is 1. The van der Waals surface area contributed by atoms with Crippen LogP contribution < -0.4 is 21.1 Å². The molecule has 0 aliphatic rings. The first-order chi connectivity index (χ1) is 14.5. The van der Waals surface area contributed by atoms with Crippen LogP contribution in [0.5, 0.6) is 5.75 Å². The standard InChI is InChI=1S/C22H20N4O4/c1-30-17-11-9-14(10-12-17)21(27)24-18-7-2-3-8-19(18)25-22(28)16-6-4-5-15(13-16)20(23)26-29/h2-13,29H,1H3,(H2,23,26)(H,24,27)(H,25,28). The van der Waals surface area contributed by atoms with Gasteiger partial charge < -0.3 is 26.3 Å². The van der Waals surface area contributed by atoms with E-state index in [2.05, 4.69) is 15.8 Å². The van der Waals surface area contributed by atoms with Crippen LogP contribution in [0, 0.1) is 0 Å². The highest BCUT2D eigenvalue weighted by Gasteiger charge is 2.13. The number of oxime groups is 1. The van der Waals surface area contributed by atoms with E-state index in [1.807, 2.05) is 0 Å². The Morgan fingerprint density at radius 3 is 1.97 bits per heavy atom. The van der Waals surface area contributed by atoms with Gasteiger partial charge in [0, 0.05) is 16.7 Å². The second-order valence-corrected chi connectivity index (χ2v) is 6.25. The summed E-state index contributed by atoms with van der Waals surface area (Å²) in [4.78, 5) is 25.2. The van der Waals surface area contributed by atoms with Gasteiger partial charge in [0.25, 0.3) is 11.8 Å². The van der Waals surface area contributed by atoms with Gasteiger partial charge in [-0.2, -0.15) is 0 Å². The second-order valence-electron chi connectivity index (χ2n) is 6.25. The first-order valence-electron chi connectivity index (χ1n) is 8.95. The van der Waals surface area contributed by atoms with E-state index in [1.165, 1.54) is 6.07 Å². The van der Waals surface area contributed by atoms with Crippen LogP contribution in [0.25, 0.3) is 0 Å². The predicted octanol–water partition coefficient (Wildman–Crippen LogP) is 3.29. The predicted molar refractivity (Wildman–Crippen MR) is 114 cm³/mol. The van der Waals surface area contributed by atoms with Gasteiger partial charge in [-0.3, -0.25) is 9.59 Å². The van der Waals surface area contributed by atoms with Gasteiger partial charge in [0.2, 0.25) is 0 Å². The number of rotatable bonds is 6. The zero-order chi connectivity index (χ0) is 21.5. The smallest absolute Gasteiger partial charge is 0.255 e. The molecule has 0 unspecified atom stereocenters. The van der Waals surface area contributed by atoms with E-state index in [-0.39, 0.29) is 11.7 Å². The minimum atomic E-state index is -0.409. The number of carbonyl (C=O) groups is 2. The molecule has 0 spiro atoms. The molecule has 8 nitrogen and oxygen atoms in total. The highest BCUT2D eigenvalue weighted by molar-refractivity contribution is 6.10. The summed E-state index contributed by atoms with van der Waals surface area (Å²) in [7, 11) is 1.55. The zero-order valence-electron chi connectivity index (χ0n) is 16.1. The highest BCUT2D eigenvalue weighted by atomic mass is 16.5. The van der Waals surface area contributed by atoms with Crippen LogP contribution in [0.15, 0.2) is 78.0 Å². The lowest BCUT2D eigenvalue weighted by Gasteiger charge is -2.13. The number of ether oxygens (including phenoxy) is 1. The van der Waals surface area contributed by atoms with Crippen molar-refractivity contribution in [1.29, 1.82) is 0 Å². The average molecular weight is 404 g/mol. The van der Waals surface area contributed by atoms with Crippen LogP contribution in [0.2, 0.25) is 0 Å². The van der Waals surface area contributed by atoms with E-state index in [4.69, 9.17) is 15.7 Å². The molecule has 8 heteroatoms. The summed E-state index contributed by atoms with van der Waals surface area (Å²) in [5, 5.41) is 17.3. The maximum absolute atomic E-state index is 12.7. The molecule has 0 fully saturated rings. The molecule has 5 N–H and O–H groups in total. The van der Waals surface area contributed by atoms with Crippen LogP contribution in [0.1, 0.15) is 26.3 Å². The van der Waals surface area contributed by atoms with Gasteiger partial charge in [0.05, 0.1) is 18.5 Å². The molecule has 3 aromatic rings. The van der Waals surface area contributed by atoms with E-state index >= 15 is 0 Å². The Labute approximate surface area is 173 Å². The molecule has 3 rings (SSSR count). The SMILES string of the molecule is COc1ccc(C(=O)Nc2ccccc2NC(=O)c2cccc(/C(N)=N/O)c2)cc1. The van der Waals surface area contributed by atoms with Gasteiger partial charge in [-0.05, 0) is 48.5 Å². The van der Waals surface area contributed by atoms with Crippen molar-refractivity contribution in [2.24, 2.45) is 10.9 Å². The van der Waals surface area contributed by atoms with E-state index in [1.54, 1.807) is 73.8 Å². The minimum absolute atomic E-state index is 0.100. The molecule has 152 valence electrons. The maximum atomic E-state index is 12.7. The van der Waals surface area contributed by atoms with Crippen molar-refractivity contribution in [1.82, 2.24) is 0 Å². The summed E-state index contributed by atoms with van der Waals surface area (Å²) in [5.41, 5.74) is 7.63. The molecular weight excluding hydrogens is 384 g/mol. The number of amides is 2. The number of anilines is 2. The maximum Gasteiger partial charge on any atom is 0.255 e. The number of benzene rings is 3. The highest BCUT2D eigenvalue weighted by Crippen LogP contribution is 2.23. The van der Waals surface area contributed by atoms with E-state index in [0.29, 0.717) is 33.8 Å². The normalized spacial score (nSPS) is 10.9. The fourth-order valence-electron chi connectivity index (χ4n) is 2.71. The Bertz CT molecular complexity index is 1090. The molecular formula is C22H20N4O4. The molecule has 2 amide bonds. The molecule has 0 saturated heterocycles. The lowest BCUT2D eigenvalue weighted by molar-refractivity contribution is 0.101. The van der Waals surface area contributed by atoms with Crippen molar-refractivity contribution in [2.45, 2.75) is 0 Å². The first kappa shape index (κ1) is 20.4. The molecule has 0 radical (unpaired) electrons. The van der Waals surface area contributed by atoms with Gasteiger partial charge in [-0.1, -0.05) is 29.4 Å². The number of methoxy groups -OCH3 is 1. The molecule has 0 aliphatic carbocycles. The molecule has 0 heterocycles. The summed E-state index contributed by atoms with van der Waals surface area (Å²) in [6, 6.07) is 19.9. The Morgan fingerprint density at radius 2 is 1.40 bits per heavy atom. The van der Waals surface area contributed by atoms with E-state index in [9.17, 15) is 9.59 Å². The van der Waals surface area contributed by atoms with Gasteiger partial charge in [-0.25, -0.2) is 0 Å².